The number of aliphatic carboxylic acids is 1. The number of hydrogen-bond donors (Lipinski definition) is 2. The van der Waals surface area contributed by atoms with Crippen LogP contribution in [-0.2, 0) is 9.59 Å². The van der Waals surface area contributed by atoms with Crippen molar-refractivity contribution in [2.24, 2.45) is 5.41 Å². The summed E-state index contributed by atoms with van der Waals surface area (Å²) < 4.78 is 23.7. The molecule has 1 atom stereocenters. The summed E-state index contributed by atoms with van der Waals surface area (Å²) in [7, 11) is 0. The van der Waals surface area contributed by atoms with Gasteiger partial charge in [-0.1, -0.05) is 29.7 Å². The third-order valence-electron chi connectivity index (χ3n) is 1.86. The topological polar surface area (TPSA) is 77.8 Å². The molecular weight excluding hydrogens is 200 g/mol. The fourth-order valence-corrected chi connectivity index (χ4v) is 0.855. The fourth-order valence-electron chi connectivity index (χ4n) is 0.855. The van der Waals surface area contributed by atoms with Crippen molar-refractivity contribution in [1.29, 1.82) is 0 Å². The summed E-state index contributed by atoms with van der Waals surface area (Å²) in [5, 5.41) is 16.0. The monoisotopic (exact) mass is 211 g/mol. The van der Waals surface area contributed by atoms with E-state index < -0.39 is 28.2 Å². The highest BCUT2D eigenvalue weighted by Crippen LogP contribution is 2.32. The number of carboxylic acid groups (broad SMARTS) is 1. The van der Waals surface area contributed by atoms with Gasteiger partial charge in [0.25, 0.3) is 5.60 Å². The summed E-state index contributed by atoms with van der Waals surface area (Å²) in [5.74, 6) is -4.16. The molecule has 0 aromatic carbocycles. The summed E-state index contributed by atoms with van der Waals surface area (Å²) in [6.07, 6.45) is 0. The van der Waals surface area contributed by atoms with Gasteiger partial charge in [-0.3, -0.25) is 4.79 Å². The zero-order chi connectivity index (χ0) is 11.7. The number of hydrogen-bond acceptors (Lipinski definition) is 3. The van der Waals surface area contributed by atoms with Crippen LogP contribution in [0.4, 0.5) is 8.96 Å². The molecule has 0 saturated carbocycles. The molecule has 0 aliphatic heterocycles. The fraction of sp³-hybridized carbons (Fsp3) is 0.714. The van der Waals surface area contributed by atoms with E-state index in [1.165, 1.54) is 20.8 Å². The molecule has 0 heterocycles. The number of nitrogens with zero attached hydrogens (tertiary/aromatic N) is 1. The molecule has 82 valence electrons. The first kappa shape index (κ1) is 12.8. The van der Waals surface area contributed by atoms with Crippen molar-refractivity contribution in [1.82, 2.24) is 5.34 Å². The molecule has 0 aromatic rings. The van der Waals surface area contributed by atoms with Crippen LogP contribution in [-0.4, -0.2) is 33.0 Å². The third kappa shape index (κ3) is 1.82. The molecule has 7 heteroatoms. The molecular formula is C7H11F2NO4. The number of carboxylic acids is 1. The molecule has 0 rings (SSSR count). The van der Waals surface area contributed by atoms with Crippen molar-refractivity contribution in [3.05, 3.63) is 0 Å². The Balaban J connectivity index is 5.34. The van der Waals surface area contributed by atoms with E-state index in [4.69, 9.17) is 5.11 Å². The van der Waals surface area contributed by atoms with Crippen LogP contribution in [0.2, 0.25) is 0 Å². The van der Waals surface area contributed by atoms with Crippen molar-refractivity contribution in [2.45, 2.75) is 26.4 Å². The lowest BCUT2D eigenvalue weighted by atomic mass is 9.76. The van der Waals surface area contributed by atoms with E-state index in [1.807, 2.05) is 0 Å². The van der Waals surface area contributed by atoms with Crippen molar-refractivity contribution in [2.75, 3.05) is 0 Å². The van der Waals surface area contributed by atoms with E-state index >= 15 is 0 Å². The van der Waals surface area contributed by atoms with Gasteiger partial charge in [-0.25, -0.2) is 4.79 Å². The summed E-state index contributed by atoms with van der Waals surface area (Å²) in [6, 6.07) is 0. The van der Waals surface area contributed by atoms with Crippen LogP contribution in [0, 0.1) is 5.41 Å². The molecule has 0 aliphatic carbocycles. The zero-order valence-electron chi connectivity index (χ0n) is 7.91. The minimum Gasteiger partial charge on any atom is -0.479 e. The minimum absolute atomic E-state index is 1.17. The molecule has 0 spiro atoms. The van der Waals surface area contributed by atoms with Gasteiger partial charge in [-0.15, -0.1) is 0 Å². The standard InChI is InChI=1S/C7H11F2NO4/c1-6(2,3)7(14,5(12)13)4(11)10(8)9/h14H,1-3H3,(H,12,13). The second-order valence-corrected chi connectivity index (χ2v) is 3.80. The van der Waals surface area contributed by atoms with E-state index in [-0.39, 0.29) is 0 Å². The Hall–Kier alpha value is -1.24. The zero-order valence-corrected chi connectivity index (χ0v) is 7.91. The lowest BCUT2D eigenvalue weighted by Gasteiger charge is -2.33. The van der Waals surface area contributed by atoms with E-state index in [9.17, 15) is 23.7 Å². The van der Waals surface area contributed by atoms with Crippen LogP contribution in [0.15, 0.2) is 0 Å². The largest absolute Gasteiger partial charge is 0.479 e. The van der Waals surface area contributed by atoms with Gasteiger partial charge in [0, 0.05) is 10.8 Å². The maximum atomic E-state index is 11.9. The maximum absolute atomic E-state index is 11.9. The first-order valence-electron chi connectivity index (χ1n) is 3.67. The predicted octanol–water partition coefficient (Wildman–Crippen LogP) is 0.446. The van der Waals surface area contributed by atoms with Gasteiger partial charge in [0.05, 0.1) is 0 Å². The molecule has 0 saturated heterocycles. The Morgan fingerprint density at radius 1 is 1.21 bits per heavy atom. The maximum Gasteiger partial charge on any atom is 0.346 e. The summed E-state index contributed by atoms with van der Waals surface area (Å²) in [6.45, 7) is 3.51. The SMILES string of the molecule is CC(C)(C)C(O)(C(=O)O)C(=O)N(F)F. The molecule has 14 heavy (non-hydrogen) atoms. The van der Waals surface area contributed by atoms with E-state index in [2.05, 4.69) is 0 Å². The average Bonchev–Trinajstić information content (AvgIpc) is 1.98. The average molecular weight is 211 g/mol. The van der Waals surface area contributed by atoms with Crippen LogP contribution < -0.4 is 0 Å². The van der Waals surface area contributed by atoms with Crippen LogP contribution in [0.25, 0.3) is 0 Å². The van der Waals surface area contributed by atoms with Crippen LogP contribution >= 0.6 is 0 Å². The van der Waals surface area contributed by atoms with Gasteiger partial charge in [-0.2, -0.15) is 0 Å². The summed E-state index contributed by atoms with van der Waals surface area (Å²) >= 11 is 0. The highest BCUT2D eigenvalue weighted by Gasteiger charge is 2.57. The van der Waals surface area contributed by atoms with Gasteiger partial charge in [0.1, 0.15) is 0 Å². The minimum atomic E-state index is -3.13. The Bertz CT molecular complexity index is 261. The van der Waals surface area contributed by atoms with Gasteiger partial charge < -0.3 is 10.2 Å². The van der Waals surface area contributed by atoms with Crippen LogP contribution in [0.1, 0.15) is 20.8 Å². The normalized spacial score (nSPS) is 15.9. The third-order valence-corrected chi connectivity index (χ3v) is 1.86. The lowest BCUT2D eigenvalue weighted by molar-refractivity contribution is -0.221. The Labute approximate surface area is 78.8 Å². The van der Waals surface area contributed by atoms with Gasteiger partial charge in [0.15, 0.2) is 0 Å². The highest BCUT2D eigenvalue weighted by molar-refractivity contribution is 6.05. The molecule has 1 amide bonds. The summed E-state index contributed by atoms with van der Waals surface area (Å²) in [5.41, 5.74) is -4.66. The number of carbonyl (C=O) groups excluding carboxylic acids is 1. The molecule has 0 radical (unpaired) electrons. The molecule has 1 unspecified atom stereocenters. The number of aliphatic hydroxyl groups is 1. The molecule has 2 N–H and O–H groups in total. The number of rotatable bonds is 2. The molecule has 0 aliphatic rings. The van der Waals surface area contributed by atoms with E-state index in [0.29, 0.717) is 0 Å². The Morgan fingerprint density at radius 2 is 1.57 bits per heavy atom. The first-order chi connectivity index (χ1) is 6.05. The summed E-state index contributed by atoms with van der Waals surface area (Å²) in [4.78, 5) is 21.4. The van der Waals surface area contributed by atoms with Gasteiger partial charge in [0.2, 0.25) is 0 Å². The van der Waals surface area contributed by atoms with Crippen molar-refractivity contribution < 1.29 is 28.8 Å². The predicted molar refractivity (Wildman–Crippen MR) is 41.1 cm³/mol. The van der Waals surface area contributed by atoms with Crippen molar-refractivity contribution >= 4 is 11.9 Å². The number of carbonyl (C=O) groups is 2. The molecule has 0 bridgehead atoms. The Morgan fingerprint density at radius 3 is 1.64 bits per heavy atom. The van der Waals surface area contributed by atoms with E-state index in [0.717, 1.165) is 0 Å². The lowest BCUT2D eigenvalue weighted by Crippen LogP contribution is -2.59. The quantitative estimate of drug-likeness (QED) is 0.513. The van der Waals surface area contributed by atoms with Gasteiger partial charge >= 0.3 is 11.9 Å². The molecule has 0 fully saturated rings. The number of halogens is 2. The van der Waals surface area contributed by atoms with Crippen LogP contribution in [0.5, 0.6) is 0 Å². The molecule has 5 nitrogen and oxygen atoms in total. The Kier molecular flexibility index (Phi) is 3.18. The van der Waals surface area contributed by atoms with E-state index in [1.54, 1.807) is 0 Å². The second-order valence-electron chi connectivity index (χ2n) is 3.80. The second kappa shape index (κ2) is 3.49. The van der Waals surface area contributed by atoms with Crippen molar-refractivity contribution in [3.8, 4) is 0 Å². The molecule has 0 aromatic heterocycles. The smallest absolute Gasteiger partial charge is 0.346 e. The number of amides is 1. The first-order valence-corrected chi connectivity index (χ1v) is 3.67. The van der Waals surface area contributed by atoms with Gasteiger partial charge in [-0.05, 0) is 0 Å². The highest BCUT2D eigenvalue weighted by atomic mass is 19.4. The van der Waals surface area contributed by atoms with Crippen LogP contribution in [0.3, 0.4) is 0 Å². The van der Waals surface area contributed by atoms with Crippen molar-refractivity contribution in [3.63, 3.8) is 0 Å².